The van der Waals surface area contributed by atoms with Crippen molar-refractivity contribution in [3.8, 4) is 0 Å². The van der Waals surface area contributed by atoms with E-state index in [1.807, 2.05) is 19.1 Å². The Kier molecular flexibility index (Phi) is 5.46. The van der Waals surface area contributed by atoms with Gasteiger partial charge in [0.15, 0.2) is 0 Å². The first-order valence-corrected chi connectivity index (χ1v) is 6.11. The molecule has 0 aliphatic heterocycles. The van der Waals surface area contributed by atoms with Gasteiger partial charge < -0.3 is 10.6 Å². The third-order valence-electron chi connectivity index (χ3n) is 2.22. The lowest BCUT2D eigenvalue weighted by Gasteiger charge is -2.09. The molecule has 1 aromatic rings. The van der Waals surface area contributed by atoms with Gasteiger partial charge in [-0.2, -0.15) is 0 Å². The van der Waals surface area contributed by atoms with E-state index in [2.05, 4.69) is 29.5 Å². The van der Waals surface area contributed by atoms with Crippen LogP contribution in [0.25, 0.3) is 0 Å². The predicted molar refractivity (Wildman–Crippen MR) is 71.1 cm³/mol. The minimum atomic E-state index is 0.0391. The zero-order valence-corrected chi connectivity index (χ0v) is 10.8. The Morgan fingerprint density at radius 1 is 1.41 bits per heavy atom. The number of hydrogen-bond donors (Lipinski definition) is 2. The van der Waals surface area contributed by atoms with Crippen molar-refractivity contribution < 1.29 is 4.79 Å². The van der Waals surface area contributed by atoms with Crippen LogP contribution in [-0.4, -0.2) is 17.4 Å². The maximum absolute atomic E-state index is 11.4. The fraction of sp³-hybridized carbons (Fsp3) is 0.538. The van der Waals surface area contributed by atoms with Crippen molar-refractivity contribution in [2.75, 3.05) is 17.2 Å². The molecule has 0 unspecified atom stereocenters. The van der Waals surface area contributed by atoms with Crippen LogP contribution in [0, 0.1) is 5.92 Å². The lowest BCUT2D eigenvalue weighted by atomic mass is 10.2. The average molecular weight is 235 g/mol. The van der Waals surface area contributed by atoms with E-state index in [4.69, 9.17) is 0 Å². The molecule has 94 valence electrons. The summed E-state index contributed by atoms with van der Waals surface area (Å²) in [6.45, 7) is 7.17. The highest BCUT2D eigenvalue weighted by Gasteiger charge is 2.01. The summed E-state index contributed by atoms with van der Waals surface area (Å²) < 4.78 is 0. The van der Waals surface area contributed by atoms with Gasteiger partial charge in [-0.25, -0.2) is 4.98 Å². The molecule has 1 amide bonds. The SMILES string of the molecule is CCCC(=O)Nc1ccc(NCC(C)C)nc1. The second-order valence-electron chi connectivity index (χ2n) is 4.51. The molecule has 0 saturated heterocycles. The largest absolute Gasteiger partial charge is 0.370 e. The molecule has 0 aliphatic rings. The van der Waals surface area contributed by atoms with Gasteiger partial charge in [-0.1, -0.05) is 20.8 Å². The summed E-state index contributed by atoms with van der Waals surface area (Å²) in [5.41, 5.74) is 0.749. The molecule has 0 fully saturated rings. The topological polar surface area (TPSA) is 54.0 Å². The Bertz CT molecular complexity index is 346. The summed E-state index contributed by atoms with van der Waals surface area (Å²) in [7, 11) is 0. The quantitative estimate of drug-likeness (QED) is 0.797. The van der Waals surface area contributed by atoms with Gasteiger partial charge in [0, 0.05) is 13.0 Å². The summed E-state index contributed by atoms with van der Waals surface area (Å²) >= 11 is 0. The fourth-order valence-corrected chi connectivity index (χ4v) is 1.33. The van der Waals surface area contributed by atoms with E-state index >= 15 is 0 Å². The first kappa shape index (κ1) is 13.5. The average Bonchev–Trinajstić information content (AvgIpc) is 2.28. The third-order valence-corrected chi connectivity index (χ3v) is 2.22. The second-order valence-corrected chi connectivity index (χ2v) is 4.51. The molecule has 1 aromatic heterocycles. The predicted octanol–water partition coefficient (Wildman–Crippen LogP) is 2.89. The molecule has 4 nitrogen and oxygen atoms in total. The highest BCUT2D eigenvalue weighted by Crippen LogP contribution is 2.10. The smallest absolute Gasteiger partial charge is 0.224 e. The van der Waals surface area contributed by atoms with Crippen molar-refractivity contribution >= 4 is 17.4 Å². The van der Waals surface area contributed by atoms with E-state index in [9.17, 15) is 4.79 Å². The molecule has 1 rings (SSSR count). The minimum Gasteiger partial charge on any atom is -0.370 e. The molecular weight excluding hydrogens is 214 g/mol. The summed E-state index contributed by atoms with van der Waals surface area (Å²) in [5.74, 6) is 1.46. The molecule has 0 atom stereocenters. The molecule has 0 bridgehead atoms. The highest BCUT2D eigenvalue weighted by atomic mass is 16.1. The van der Waals surface area contributed by atoms with E-state index < -0.39 is 0 Å². The van der Waals surface area contributed by atoms with Gasteiger partial charge in [0.2, 0.25) is 5.91 Å². The van der Waals surface area contributed by atoms with Crippen molar-refractivity contribution in [3.05, 3.63) is 18.3 Å². The number of nitrogens with one attached hydrogen (secondary N) is 2. The number of nitrogens with zero attached hydrogens (tertiary/aromatic N) is 1. The lowest BCUT2D eigenvalue weighted by molar-refractivity contribution is -0.116. The zero-order valence-electron chi connectivity index (χ0n) is 10.8. The van der Waals surface area contributed by atoms with Gasteiger partial charge in [-0.3, -0.25) is 4.79 Å². The lowest BCUT2D eigenvalue weighted by Crippen LogP contribution is -2.12. The van der Waals surface area contributed by atoms with Gasteiger partial charge in [0.05, 0.1) is 11.9 Å². The summed E-state index contributed by atoms with van der Waals surface area (Å²) in [5, 5.41) is 6.03. The number of pyridine rings is 1. The number of aromatic nitrogens is 1. The number of carbonyl (C=O) groups excluding carboxylic acids is 1. The standard InChI is InChI=1S/C13H21N3O/c1-4-5-13(17)16-11-6-7-12(15-9-11)14-8-10(2)3/h6-7,9-10H,4-5,8H2,1-3H3,(H,14,15)(H,16,17). The van der Waals surface area contributed by atoms with E-state index in [0.717, 1.165) is 24.5 Å². The number of rotatable bonds is 6. The Morgan fingerprint density at radius 2 is 2.18 bits per heavy atom. The molecule has 2 N–H and O–H groups in total. The van der Waals surface area contributed by atoms with Crippen molar-refractivity contribution in [3.63, 3.8) is 0 Å². The van der Waals surface area contributed by atoms with Gasteiger partial charge >= 0.3 is 0 Å². The van der Waals surface area contributed by atoms with Crippen molar-refractivity contribution in [1.82, 2.24) is 4.98 Å². The zero-order chi connectivity index (χ0) is 12.7. The van der Waals surface area contributed by atoms with Crippen LogP contribution >= 0.6 is 0 Å². The maximum Gasteiger partial charge on any atom is 0.224 e. The summed E-state index contributed by atoms with van der Waals surface area (Å²) in [6, 6.07) is 3.74. The Hall–Kier alpha value is -1.58. The van der Waals surface area contributed by atoms with Crippen LogP contribution in [0.3, 0.4) is 0 Å². The van der Waals surface area contributed by atoms with E-state index in [-0.39, 0.29) is 5.91 Å². The molecule has 0 saturated carbocycles. The Labute approximate surface area is 103 Å². The van der Waals surface area contributed by atoms with Crippen LogP contribution in [0.1, 0.15) is 33.6 Å². The first-order valence-electron chi connectivity index (χ1n) is 6.11. The normalized spacial score (nSPS) is 10.4. The Balaban J connectivity index is 2.47. The van der Waals surface area contributed by atoms with Gasteiger partial charge in [-0.05, 0) is 24.5 Å². The first-order chi connectivity index (χ1) is 8.11. The molecular formula is C13H21N3O. The van der Waals surface area contributed by atoms with Crippen molar-refractivity contribution in [2.24, 2.45) is 5.92 Å². The number of anilines is 2. The van der Waals surface area contributed by atoms with Crippen LogP contribution in [-0.2, 0) is 4.79 Å². The van der Waals surface area contributed by atoms with E-state index in [1.54, 1.807) is 6.20 Å². The molecule has 0 spiro atoms. The fourth-order valence-electron chi connectivity index (χ4n) is 1.33. The van der Waals surface area contributed by atoms with Crippen molar-refractivity contribution in [2.45, 2.75) is 33.6 Å². The van der Waals surface area contributed by atoms with Gasteiger partial charge in [0.1, 0.15) is 5.82 Å². The van der Waals surface area contributed by atoms with Crippen LogP contribution in [0.2, 0.25) is 0 Å². The number of amides is 1. The van der Waals surface area contributed by atoms with E-state index in [0.29, 0.717) is 12.3 Å². The monoisotopic (exact) mass is 235 g/mol. The van der Waals surface area contributed by atoms with E-state index in [1.165, 1.54) is 0 Å². The molecule has 17 heavy (non-hydrogen) atoms. The van der Waals surface area contributed by atoms with Crippen LogP contribution in [0.5, 0.6) is 0 Å². The summed E-state index contributed by atoms with van der Waals surface area (Å²) in [4.78, 5) is 15.6. The maximum atomic E-state index is 11.4. The molecule has 1 heterocycles. The summed E-state index contributed by atoms with van der Waals surface area (Å²) in [6.07, 6.45) is 3.08. The second kappa shape index (κ2) is 6.89. The minimum absolute atomic E-state index is 0.0391. The number of hydrogen-bond acceptors (Lipinski definition) is 3. The van der Waals surface area contributed by atoms with Crippen molar-refractivity contribution in [1.29, 1.82) is 0 Å². The van der Waals surface area contributed by atoms with Crippen LogP contribution in [0.15, 0.2) is 18.3 Å². The van der Waals surface area contributed by atoms with Crippen LogP contribution in [0.4, 0.5) is 11.5 Å². The molecule has 4 heteroatoms. The van der Waals surface area contributed by atoms with Gasteiger partial charge in [0.25, 0.3) is 0 Å². The number of carbonyl (C=O) groups is 1. The molecule has 0 radical (unpaired) electrons. The highest BCUT2D eigenvalue weighted by molar-refractivity contribution is 5.90. The van der Waals surface area contributed by atoms with Crippen LogP contribution < -0.4 is 10.6 Å². The molecule has 0 aliphatic carbocycles. The Morgan fingerprint density at radius 3 is 2.71 bits per heavy atom. The third kappa shape index (κ3) is 5.33. The molecule has 0 aromatic carbocycles. The van der Waals surface area contributed by atoms with Gasteiger partial charge in [-0.15, -0.1) is 0 Å².